The number of anilines is 1. The largest absolute Gasteiger partial charge is 0.456 e. The van der Waals surface area contributed by atoms with Crippen molar-refractivity contribution in [1.82, 2.24) is 0 Å². The van der Waals surface area contributed by atoms with Gasteiger partial charge in [-0.05, 0) is 68.3 Å². The van der Waals surface area contributed by atoms with Crippen LogP contribution in [0.25, 0.3) is 0 Å². The van der Waals surface area contributed by atoms with E-state index < -0.39 is 10.0 Å². The molecule has 0 saturated carbocycles. The second-order valence-corrected chi connectivity index (χ2v) is 8.52. The first-order valence-electron chi connectivity index (χ1n) is 8.39. The molecule has 0 amide bonds. The van der Waals surface area contributed by atoms with E-state index >= 15 is 0 Å². The molecule has 0 bridgehead atoms. The number of ether oxygens (including phenoxy) is 1. The van der Waals surface area contributed by atoms with E-state index in [9.17, 15) is 8.42 Å². The highest BCUT2D eigenvalue weighted by Gasteiger charge is 2.15. The Kier molecular flexibility index (Phi) is 5.44. The van der Waals surface area contributed by atoms with Gasteiger partial charge < -0.3 is 4.74 Å². The molecule has 6 heteroatoms. The normalized spacial score (nSPS) is 11.3. The number of hydrogen-bond donors (Lipinski definition) is 1. The van der Waals surface area contributed by atoms with E-state index in [0.717, 1.165) is 16.7 Å². The van der Waals surface area contributed by atoms with Gasteiger partial charge in [-0.25, -0.2) is 8.42 Å². The van der Waals surface area contributed by atoms with Crippen LogP contribution < -0.4 is 9.46 Å². The number of aryl methyl sites for hydroxylation is 3. The molecule has 0 aliphatic carbocycles. The molecule has 0 fully saturated rings. The predicted octanol–water partition coefficient (Wildman–Crippen LogP) is 5.86. The second-order valence-electron chi connectivity index (χ2n) is 6.43. The Morgan fingerprint density at radius 1 is 0.815 bits per heavy atom. The van der Waals surface area contributed by atoms with Crippen molar-refractivity contribution >= 4 is 27.3 Å². The van der Waals surface area contributed by atoms with Gasteiger partial charge in [0.05, 0.1) is 15.6 Å². The van der Waals surface area contributed by atoms with Gasteiger partial charge in [0.2, 0.25) is 0 Å². The number of rotatable bonds is 5. The molecule has 0 aliphatic heterocycles. The highest BCUT2D eigenvalue weighted by Crippen LogP contribution is 2.34. The van der Waals surface area contributed by atoms with Crippen molar-refractivity contribution in [3.8, 4) is 11.5 Å². The van der Waals surface area contributed by atoms with Crippen molar-refractivity contribution in [2.24, 2.45) is 0 Å². The van der Waals surface area contributed by atoms with Gasteiger partial charge in [0, 0.05) is 0 Å². The third kappa shape index (κ3) is 4.62. The van der Waals surface area contributed by atoms with Crippen LogP contribution in [0.15, 0.2) is 65.6 Å². The standard InChI is InChI=1S/C21H20ClNO3S/c1-14-5-9-18(10-6-14)27(24,25)23-17-8-11-20(19(22)13-17)26-21-12-15(2)4-7-16(21)3/h4-13,23H,1-3H3. The summed E-state index contributed by atoms with van der Waals surface area (Å²) < 4.78 is 33.4. The van der Waals surface area contributed by atoms with Crippen molar-refractivity contribution in [2.75, 3.05) is 4.72 Å². The van der Waals surface area contributed by atoms with Crippen molar-refractivity contribution in [3.63, 3.8) is 0 Å². The third-order valence-corrected chi connectivity index (χ3v) is 5.77. The van der Waals surface area contributed by atoms with E-state index in [-0.39, 0.29) is 4.90 Å². The molecule has 0 aliphatic rings. The fraction of sp³-hybridized carbons (Fsp3) is 0.143. The monoisotopic (exact) mass is 401 g/mol. The molecule has 0 radical (unpaired) electrons. The average molecular weight is 402 g/mol. The summed E-state index contributed by atoms with van der Waals surface area (Å²) in [4.78, 5) is 0.194. The van der Waals surface area contributed by atoms with Crippen LogP contribution in [0.4, 0.5) is 5.69 Å². The molecule has 0 unspecified atom stereocenters. The second kappa shape index (κ2) is 7.62. The van der Waals surface area contributed by atoms with Crippen LogP contribution in [0.5, 0.6) is 11.5 Å². The summed E-state index contributed by atoms with van der Waals surface area (Å²) in [6, 6.07) is 17.4. The third-order valence-electron chi connectivity index (χ3n) is 4.08. The van der Waals surface area contributed by atoms with Crippen LogP contribution in [0, 0.1) is 20.8 Å². The van der Waals surface area contributed by atoms with E-state index in [1.807, 2.05) is 39.0 Å². The van der Waals surface area contributed by atoms with Gasteiger partial charge in [-0.15, -0.1) is 0 Å². The minimum atomic E-state index is -3.68. The van der Waals surface area contributed by atoms with Crippen molar-refractivity contribution in [2.45, 2.75) is 25.7 Å². The summed E-state index contributed by atoms with van der Waals surface area (Å²) in [5.41, 5.74) is 3.42. The van der Waals surface area contributed by atoms with E-state index in [1.165, 1.54) is 6.07 Å². The van der Waals surface area contributed by atoms with Crippen molar-refractivity contribution in [1.29, 1.82) is 0 Å². The Bertz CT molecular complexity index is 1080. The Labute approximate surface area is 164 Å². The van der Waals surface area contributed by atoms with Crippen LogP contribution in [-0.2, 0) is 10.0 Å². The Morgan fingerprint density at radius 3 is 2.15 bits per heavy atom. The SMILES string of the molecule is Cc1ccc(S(=O)(=O)Nc2ccc(Oc3cc(C)ccc3C)c(Cl)c2)cc1. The maximum Gasteiger partial charge on any atom is 0.261 e. The van der Waals surface area contributed by atoms with E-state index in [1.54, 1.807) is 36.4 Å². The first kappa shape index (κ1) is 19.3. The maximum absolute atomic E-state index is 12.5. The zero-order valence-corrected chi connectivity index (χ0v) is 16.9. The van der Waals surface area contributed by atoms with Gasteiger partial charge in [-0.1, -0.05) is 41.4 Å². The van der Waals surface area contributed by atoms with Crippen LogP contribution in [0.3, 0.4) is 0 Å². The van der Waals surface area contributed by atoms with E-state index in [2.05, 4.69) is 4.72 Å². The Morgan fingerprint density at radius 2 is 1.48 bits per heavy atom. The van der Waals surface area contributed by atoms with Gasteiger partial charge in [0.15, 0.2) is 0 Å². The fourth-order valence-corrected chi connectivity index (χ4v) is 3.78. The van der Waals surface area contributed by atoms with Crippen molar-refractivity contribution in [3.05, 3.63) is 82.4 Å². The molecule has 0 spiro atoms. The lowest BCUT2D eigenvalue weighted by atomic mass is 10.1. The summed E-state index contributed by atoms with van der Waals surface area (Å²) in [6.45, 7) is 5.84. The summed E-state index contributed by atoms with van der Waals surface area (Å²) >= 11 is 6.31. The molecule has 3 rings (SSSR count). The zero-order chi connectivity index (χ0) is 19.6. The number of nitrogens with one attached hydrogen (secondary N) is 1. The molecule has 27 heavy (non-hydrogen) atoms. The topological polar surface area (TPSA) is 55.4 Å². The highest BCUT2D eigenvalue weighted by atomic mass is 35.5. The first-order valence-corrected chi connectivity index (χ1v) is 10.2. The molecule has 0 atom stereocenters. The van der Waals surface area contributed by atoms with Crippen LogP contribution in [-0.4, -0.2) is 8.42 Å². The maximum atomic E-state index is 12.5. The molecule has 0 saturated heterocycles. The van der Waals surface area contributed by atoms with Gasteiger partial charge >= 0.3 is 0 Å². The van der Waals surface area contributed by atoms with Crippen LogP contribution >= 0.6 is 11.6 Å². The van der Waals surface area contributed by atoms with Gasteiger partial charge in [0.25, 0.3) is 10.0 Å². The number of benzene rings is 3. The van der Waals surface area contributed by atoms with Crippen LogP contribution in [0.1, 0.15) is 16.7 Å². The number of halogens is 1. The lowest BCUT2D eigenvalue weighted by Crippen LogP contribution is -2.12. The molecule has 0 heterocycles. The van der Waals surface area contributed by atoms with Crippen molar-refractivity contribution < 1.29 is 13.2 Å². The molecule has 4 nitrogen and oxygen atoms in total. The van der Waals surface area contributed by atoms with Gasteiger partial charge in [0.1, 0.15) is 11.5 Å². The number of hydrogen-bond acceptors (Lipinski definition) is 3. The van der Waals surface area contributed by atoms with Gasteiger partial charge in [-0.2, -0.15) is 0 Å². The molecule has 3 aromatic carbocycles. The summed E-state index contributed by atoms with van der Waals surface area (Å²) in [5.74, 6) is 1.17. The quantitative estimate of drug-likeness (QED) is 0.582. The van der Waals surface area contributed by atoms with E-state index in [0.29, 0.717) is 22.2 Å². The molecule has 0 aromatic heterocycles. The molecule has 3 aromatic rings. The molecule has 140 valence electrons. The predicted molar refractivity (Wildman–Crippen MR) is 109 cm³/mol. The van der Waals surface area contributed by atoms with E-state index in [4.69, 9.17) is 16.3 Å². The summed E-state index contributed by atoms with van der Waals surface area (Å²) in [7, 11) is -3.68. The van der Waals surface area contributed by atoms with Gasteiger partial charge in [-0.3, -0.25) is 4.72 Å². The minimum Gasteiger partial charge on any atom is -0.456 e. The first-order chi connectivity index (χ1) is 12.7. The van der Waals surface area contributed by atoms with Crippen LogP contribution in [0.2, 0.25) is 5.02 Å². The Balaban J connectivity index is 1.82. The summed E-state index contributed by atoms with van der Waals surface area (Å²) in [5, 5.41) is 0.319. The molecular formula is C21H20ClNO3S. The Hall–Kier alpha value is -2.50. The smallest absolute Gasteiger partial charge is 0.261 e. The fourth-order valence-electron chi connectivity index (χ4n) is 2.51. The zero-order valence-electron chi connectivity index (χ0n) is 15.3. The minimum absolute atomic E-state index is 0.194. The number of sulfonamides is 1. The molecule has 1 N–H and O–H groups in total. The lowest BCUT2D eigenvalue weighted by Gasteiger charge is -2.13. The highest BCUT2D eigenvalue weighted by molar-refractivity contribution is 7.92. The molecular weight excluding hydrogens is 382 g/mol. The summed E-state index contributed by atoms with van der Waals surface area (Å²) in [6.07, 6.45) is 0. The lowest BCUT2D eigenvalue weighted by molar-refractivity contribution is 0.479. The average Bonchev–Trinajstić information content (AvgIpc) is 2.60.